The van der Waals surface area contributed by atoms with E-state index < -0.39 is 0 Å². The van der Waals surface area contributed by atoms with E-state index in [0.717, 1.165) is 16.7 Å². The second-order valence-electron chi connectivity index (χ2n) is 7.28. The van der Waals surface area contributed by atoms with Crippen LogP contribution in [0.2, 0.25) is 0 Å². The van der Waals surface area contributed by atoms with Crippen LogP contribution < -0.4 is 5.32 Å². The summed E-state index contributed by atoms with van der Waals surface area (Å²) in [5.41, 5.74) is 5.34. The maximum absolute atomic E-state index is 4.59. The minimum atomic E-state index is -0.0822. The molecule has 4 aromatic carbocycles. The van der Waals surface area contributed by atoms with Gasteiger partial charge in [0.25, 0.3) is 0 Å². The van der Waals surface area contributed by atoms with Crippen LogP contribution in [0.1, 0.15) is 23.2 Å². The number of hydrogen-bond donors (Lipinski definition) is 1. The van der Waals surface area contributed by atoms with Gasteiger partial charge in [0.05, 0.1) is 11.6 Å². The van der Waals surface area contributed by atoms with Gasteiger partial charge in [0.15, 0.2) is 0 Å². The molecule has 1 N–H and O–H groups in total. The van der Waals surface area contributed by atoms with Gasteiger partial charge in [-0.25, -0.2) is 4.68 Å². The molecule has 2 unspecified atom stereocenters. The predicted molar refractivity (Wildman–Crippen MR) is 121 cm³/mol. The van der Waals surface area contributed by atoms with E-state index >= 15 is 0 Å². The van der Waals surface area contributed by atoms with Crippen molar-refractivity contribution in [3.63, 3.8) is 0 Å². The molecule has 0 radical (unpaired) electrons. The van der Waals surface area contributed by atoms with E-state index in [4.69, 9.17) is 0 Å². The normalized spacial score (nSPS) is 13.1. The molecule has 2 atom stereocenters. The Morgan fingerprint density at radius 3 is 1.87 bits per heavy atom. The summed E-state index contributed by atoms with van der Waals surface area (Å²) in [5.74, 6) is 0. The summed E-state index contributed by atoms with van der Waals surface area (Å²) in [6.45, 7) is 0. The van der Waals surface area contributed by atoms with Crippen molar-refractivity contribution in [1.29, 1.82) is 0 Å². The Morgan fingerprint density at radius 2 is 1.17 bits per heavy atom. The van der Waals surface area contributed by atoms with Crippen LogP contribution in [-0.4, -0.2) is 15.0 Å². The highest BCUT2D eigenvalue weighted by molar-refractivity contribution is 5.74. The molecule has 146 valence electrons. The lowest BCUT2D eigenvalue weighted by molar-refractivity contribution is 0.464. The molecule has 0 aliphatic carbocycles. The molecule has 0 fully saturated rings. The molecule has 0 bridgehead atoms. The molecule has 4 nitrogen and oxygen atoms in total. The molecule has 1 heterocycles. The molecule has 4 heteroatoms. The van der Waals surface area contributed by atoms with Gasteiger partial charge in [-0.2, -0.15) is 0 Å². The van der Waals surface area contributed by atoms with Crippen LogP contribution in [0.4, 0.5) is 5.69 Å². The van der Waals surface area contributed by atoms with Gasteiger partial charge < -0.3 is 5.32 Å². The Hall–Kier alpha value is -3.92. The fraction of sp³-hybridized carbons (Fsp3) is 0.0769. The quantitative estimate of drug-likeness (QED) is 0.394. The van der Waals surface area contributed by atoms with E-state index in [2.05, 4.69) is 82.4 Å². The van der Waals surface area contributed by atoms with Crippen LogP contribution in [0, 0.1) is 0 Å². The van der Waals surface area contributed by atoms with Gasteiger partial charge in [-0.3, -0.25) is 0 Å². The van der Waals surface area contributed by atoms with E-state index in [1.807, 2.05) is 53.2 Å². The summed E-state index contributed by atoms with van der Waals surface area (Å²) >= 11 is 0. The largest absolute Gasteiger partial charge is 0.376 e. The van der Waals surface area contributed by atoms with Crippen LogP contribution in [0.25, 0.3) is 11.0 Å². The number of rotatable bonds is 6. The summed E-state index contributed by atoms with van der Waals surface area (Å²) in [6.07, 6.45) is 0. The minimum absolute atomic E-state index is 0.0406. The smallest absolute Gasteiger partial charge is 0.113 e. The second-order valence-corrected chi connectivity index (χ2v) is 7.28. The lowest BCUT2D eigenvalue weighted by Crippen LogP contribution is -2.26. The van der Waals surface area contributed by atoms with Crippen LogP contribution in [0.15, 0.2) is 115 Å². The van der Waals surface area contributed by atoms with Crippen LogP contribution in [0.5, 0.6) is 0 Å². The molecular formula is C26H22N4. The molecular weight excluding hydrogens is 368 g/mol. The first kappa shape index (κ1) is 18.1. The molecule has 0 saturated carbocycles. The Kier molecular flexibility index (Phi) is 4.96. The van der Waals surface area contributed by atoms with Crippen molar-refractivity contribution >= 4 is 16.7 Å². The Labute approximate surface area is 175 Å². The van der Waals surface area contributed by atoms with Crippen LogP contribution >= 0.6 is 0 Å². The van der Waals surface area contributed by atoms with Crippen molar-refractivity contribution in [2.24, 2.45) is 0 Å². The van der Waals surface area contributed by atoms with Crippen molar-refractivity contribution in [2.75, 3.05) is 5.32 Å². The molecule has 1 aromatic heterocycles. The third-order valence-corrected chi connectivity index (χ3v) is 5.35. The monoisotopic (exact) mass is 390 g/mol. The number of para-hydroxylation sites is 2. The molecule has 5 rings (SSSR count). The lowest BCUT2D eigenvalue weighted by atomic mass is 9.92. The zero-order valence-electron chi connectivity index (χ0n) is 16.5. The average molecular weight is 390 g/mol. The van der Waals surface area contributed by atoms with E-state index in [9.17, 15) is 0 Å². The number of fused-ring (bicyclic) bond motifs is 1. The van der Waals surface area contributed by atoms with Gasteiger partial charge in [-0.15, -0.1) is 5.10 Å². The lowest BCUT2D eigenvalue weighted by Gasteiger charge is -2.30. The number of nitrogens with one attached hydrogen (secondary N) is 1. The van der Waals surface area contributed by atoms with Crippen molar-refractivity contribution in [3.05, 3.63) is 126 Å². The summed E-state index contributed by atoms with van der Waals surface area (Å²) in [5, 5.41) is 12.8. The Bertz CT molecular complexity index is 1220. The molecule has 0 spiro atoms. The molecule has 5 aromatic rings. The summed E-state index contributed by atoms with van der Waals surface area (Å²) in [7, 11) is 0. The zero-order valence-corrected chi connectivity index (χ0v) is 16.5. The van der Waals surface area contributed by atoms with Crippen molar-refractivity contribution in [2.45, 2.75) is 12.1 Å². The summed E-state index contributed by atoms with van der Waals surface area (Å²) in [6, 6.07) is 39.3. The fourth-order valence-electron chi connectivity index (χ4n) is 3.94. The van der Waals surface area contributed by atoms with Crippen molar-refractivity contribution in [3.8, 4) is 0 Å². The molecule has 0 aliphatic heterocycles. The topological polar surface area (TPSA) is 42.7 Å². The van der Waals surface area contributed by atoms with Gasteiger partial charge in [-0.1, -0.05) is 96.2 Å². The number of benzene rings is 4. The van der Waals surface area contributed by atoms with Crippen LogP contribution in [0.3, 0.4) is 0 Å². The highest BCUT2D eigenvalue weighted by Crippen LogP contribution is 2.36. The van der Waals surface area contributed by atoms with E-state index in [1.165, 1.54) is 11.1 Å². The highest BCUT2D eigenvalue weighted by Gasteiger charge is 2.29. The molecule has 30 heavy (non-hydrogen) atoms. The average Bonchev–Trinajstić information content (AvgIpc) is 3.25. The van der Waals surface area contributed by atoms with Gasteiger partial charge in [-0.05, 0) is 35.4 Å². The Morgan fingerprint density at radius 1 is 0.600 bits per heavy atom. The zero-order chi connectivity index (χ0) is 20.2. The number of nitrogens with zero attached hydrogens (tertiary/aromatic N) is 3. The maximum Gasteiger partial charge on any atom is 0.113 e. The van der Waals surface area contributed by atoms with Gasteiger partial charge >= 0.3 is 0 Å². The maximum atomic E-state index is 4.59. The predicted octanol–water partition coefficient (Wildman–Crippen LogP) is 5.87. The Balaban J connectivity index is 1.70. The van der Waals surface area contributed by atoms with Gasteiger partial charge in [0.2, 0.25) is 0 Å². The number of aromatic nitrogens is 3. The third-order valence-electron chi connectivity index (χ3n) is 5.35. The van der Waals surface area contributed by atoms with Gasteiger partial charge in [0.1, 0.15) is 11.6 Å². The second kappa shape index (κ2) is 8.21. The SMILES string of the molecule is c1ccc(NC(c2ccccc2)C(c2ccccc2)n2nnc3ccccc32)cc1. The number of hydrogen-bond acceptors (Lipinski definition) is 3. The first-order valence-corrected chi connectivity index (χ1v) is 10.1. The van der Waals surface area contributed by atoms with E-state index in [-0.39, 0.29) is 12.1 Å². The molecule has 0 amide bonds. The molecule has 0 saturated heterocycles. The minimum Gasteiger partial charge on any atom is -0.376 e. The van der Waals surface area contributed by atoms with Gasteiger partial charge in [0, 0.05) is 5.69 Å². The first-order valence-electron chi connectivity index (χ1n) is 10.1. The van der Waals surface area contributed by atoms with Crippen molar-refractivity contribution in [1.82, 2.24) is 15.0 Å². The fourth-order valence-corrected chi connectivity index (χ4v) is 3.94. The number of anilines is 1. The standard InChI is InChI=1S/C26H22N4/c1-4-12-20(13-5-1)25(27-22-16-8-3-9-17-22)26(21-14-6-2-7-15-21)30-24-19-11-10-18-23(24)28-29-30/h1-19,25-27H. The van der Waals surface area contributed by atoms with Crippen molar-refractivity contribution < 1.29 is 0 Å². The summed E-state index contributed by atoms with van der Waals surface area (Å²) in [4.78, 5) is 0. The highest BCUT2D eigenvalue weighted by atomic mass is 15.4. The summed E-state index contributed by atoms with van der Waals surface area (Å²) < 4.78 is 2.04. The van der Waals surface area contributed by atoms with Crippen LogP contribution in [-0.2, 0) is 0 Å². The first-order chi connectivity index (χ1) is 14.9. The molecule has 0 aliphatic rings. The van der Waals surface area contributed by atoms with E-state index in [0.29, 0.717) is 0 Å². The van der Waals surface area contributed by atoms with E-state index in [1.54, 1.807) is 0 Å². The third kappa shape index (κ3) is 3.55.